The summed E-state index contributed by atoms with van der Waals surface area (Å²) in [5.41, 5.74) is 1.08. The van der Waals surface area contributed by atoms with Crippen molar-refractivity contribution >= 4 is 0 Å². The monoisotopic (exact) mass is 258 g/mol. The molecule has 1 heterocycles. The van der Waals surface area contributed by atoms with Gasteiger partial charge in [0.2, 0.25) is 0 Å². The molecule has 2 aromatic rings. The first-order valence-electron chi connectivity index (χ1n) is 5.54. The molecule has 1 N–H and O–H groups in total. The first-order chi connectivity index (χ1) is 9.06. The quantitative estimate of drug-likeness (QED) is 0.899. The summed E-state index contributed by atoms with van der Waals surface area (Å²) in [4.78, 5) is 14.3. The number of nitriles is 1. The van der Waals surface area contributed by atoms with Gasteiger partial charge in [-0.25, -0.2) is 4.39 Å². The molecule has 0 atom stereocenters. The van der Waals surface area contributed by atoms with Crippen molar-refractivity contribution in [3.63, 3.8) is 0 Å². The highest BCUT2D eigenvalue weighted by Crippen LogP contribution is 2.30. The van der Waals surface area contributed by atoms with Gasteiger partial charge in [0, 0.05) is 5.56 Å². The van der Waals surface area contributed by atoms with E-state index in [-0.39, 0.29) is 5.56 Å². The van der Waals surface area contributed by atoms with E-state index in [1.807, 2.05) is 0 Å². The predicted octanol–water partition coefficient (Wildman–Crippen LogP) is 2.37. The van der Waals surface area contributed by atoms with Gasteiger partial charge in [0.1, 0.15) is 23.2 Å². The van der Waals surface area contributed by atoms with Gasteiger partial charge in [0.05, 0.1) is 12.8 Å². The number of nitrogens with one attached hydrogen (secondary N) is 1. The van der Waals surface area contributed by atoms with Gasteiger partial charge in [-0.1, -0.05) is 0 Å². The molecule has 0 saturated heterocycles. The number of aromatic nitrogens is 1. The van der Waals surface area contributed by atoms with Crippen LogP contribution in [0.25, 0.3) is 11.3 Å². The summed E-state index contributed by atoms with van der Waals surface area (Å²) < 4.78 is 18.5. The average Bonchev–Trinajstić information content (AvgIpc) is 2.40. The van der Waals surface area contributed by atoms with Crippen LogP contribution < -0.4 is 10.3 Å². The van der Waals surface area contributed by atoms with Gasteiger partial charge < -0.3 is 9.72 Å². The zero-order chi connectivity index (χ0) is 14.0. The Bertz CT molecular complexity index is 729. The van der Waals surface area contributed by atoms with E-state index in [0.717, 1.165) is 0 Å². The number of aryl methyl sites for hydroxylation is 1. The Morgan fingerprint density at radius 3 is 2.74 bits per heavy atom. The van der Waals surface area contributed by atoms with Crippen LogP contribution in [0.15, 0.2) is 29.1 Å². The smallest absolute Gasteiger partial charge is 0.266 e. The van der Waals surface area contributed by atoms with Gasteiger partial charge in [0.15, 0.2) is 0 Å². The van der Waals surface area contributed by atoms with Crippen molar-refractivity contribution in [2.75, 3.05) is 7.11 Å². The zero-order valence-corrected chi connectivity index (χ0v) is 10.5. The fraction of sp³-hybridized carbons (Fsp3) is 0.143. The molecular weight excluding hydrogens is 247 g/mol. The Morgan fingerprint density at radius 1 is 1.37 bits per heavy atom. The van der Waals surface area contributed by atoms with E-state index in [4.69, 9.17) is 10.00 Å². The molecular formula is C14H11FN2O2. The van der Waals surface area contributed by atoms with Crippen molar-refractivity contribution < 1.29 is 9.13 Å². The molecule has 0 saturated carbocycles. The number of methoxy groups -OCH3 is 1. The molecule has 1 aromatic heterocycles. The summed E-state index contributed by atoms with van der Waals surface area (Å²) in [6.07, 6.45) is 0. The third-order valence-electron chi connectivity index (χ3n) is 2.79. The van der Waals surface area contributed by atoms with E-state index < -0.39 is 11.4 Å². The SMILES string of the molecule is COc1ccc(F)cc1-c1[nH]c(=O)c(C#N)cc1C. The second kappa shape index (κ2) is 4.94. The molecule has 2 rings (SSSR count). The molecule has 4 nitrogen and oxygen atoms in total. The van der Waals surface area contributed by atoms with Gasteiger partial charge in [-0.3, -0.25) is 4.79 Å². The van der Waals surface area contributed by atoms with E-state index in [0.29, 0.717) is 22.6 Å². The van der Waals surface area contributed by atoms with Crippen LogP contribution in [0.2, 0.25) is 0 Å². The molecule has 0 radical (unpaired) electrons. The van der Waals surface area contributed by atoms with Crippen LogP contribution in [-0.4, -0.2) is 12.1 Å². The van der Waals surface area contributed by atoms with Crippen LogP contribution in [-0.2, 0) is 0 Å². The van der Waals surface area contributed by atoms with Gasteiger partial charge >= 0.3 is 0 Å². The Kier molecular flexibility index (Phi) is 3.34. The third-order valence-corrected chi connectivity index (χ3v) is 2.79. The van der Waals surface area contributed by atoms with Crippen LogP contribution in [0.3, 0.4) is 0 Å². The van der Waals surface area contributed by atoms with Gasteiger partial charge in [-0.05, 0) is 36.8 Å². The summed E-state index contributed by atoms with van der Waals surface area (Å²) >= 11 is 0. The number of ether oxygens (including phenoxy) is 1. The lowest BCUT2D eigenvalue weighted by molar-refractivity contribution is 0.415. The number of nitrogens with zero attached hydrogens (tertiary/aromatic N) is 1. The van der Waals surface area contributed by atoms with E-state index in [9.17, 15) is 9.18 Å². The minimum absolute atomic E-state index is 0.0246. The van der Waals surface area contributed by atoms with Crippen molar-refractivity contribution in [3.05, 3.63) is 51.6 Å². The van der Waals surface area contributed by atoms with E-state index in [1.54, 1.807) is 13.0 Å². The second-order valence-corrected chi connectivity index (χ2v) is 4.03. The van der Waals surface area contributed by atoms with Gasteiger partial charge in [0.25, 0.3) is 5.56 Å². The highest BCUT2D eigenvalue weighted by molar-refractivity contribution is 5.70. The molecule has 0 bridgehead atoms. The summed E-state index contributed by atoms with van der Waals surface area (Å²) in [5, 5.41) is 8.79. The van der Waals surface area contributed by atoms with Gasteiger partial charge in [-0.15, -0.1) is 0 Å². The summed E-state index contributed by atoms with van der Waals surface area (Å²) in [6.45, 7) is 1.73. The Labute approximate surface area is 109 Å². The summed E-state index contributed by atoms with van der Waals surface area (Å²) in [7, 11) is 1.47. The molecule has 0 aliphatic rings. The molecule has 0 spiro atoms. The minimum Gasteiger partial charge on any atom is -0.496 e. The molecule has 5 heteroatoms. The first-order valence-corrected chi connectivity index (χ1v) is 5.54. The van der Waals surface area contributed by atoms with Crippen molar-refractivity contribution in [1.82, 2.24) is 4.98 Å². The molecule has 0 aliphatic heterocycles. The Hall–Kier alpha value is -2.61. The van der Waals surface area contributed by atoms with Crippen LogP contribution in [0.4, 0.5) is 4.39 Å². The maximum Gasteiger partial charge on any atom is 0.266 e. The number of aromatic amines is 1. The molecule has 0 fully saturated rings. The topological polar surface area (TPSA) is 65.9 Å². The fourth-order valence-electron chi connectivity index (χ4n) is 1.87. The van der Waals surface area contributed by atoms with Crippen LogP contribution in [0.5, 0.6) is 5.75 Å². The average molecular weight is 258 g/mol. The highest BCUT2D eigenvalue weighted by atomic mass is 19.1. The van der Waals surface area contributed by atoms with Crippen molar-refractivity contribution in [2.45, 2.75) is 6.92 Å². The lowest BCUT2D eigenvalue weighted by Crippen LogP contribution is -2.12. The maximum absolute atomic E-state index is 13.3. The molecule has 96 valence electrons. The van der Waals surface area contributed by atoms with Crippen molar-refractivity contribution in [3.8, 4) is 23.1 Å². The third kappa shape index (κ3) is 2.33. The minimum atomic E-state index is -0.505. The Morgan fingerprint density at radius 2 is 2.11 bits per heavy atom. The number of pyridine rings is 1. The van der Waals surface area contributed by atoms with E-state index in [1.165, 1.54) is 31.4 Å². The zero-order valence-electron chi connectivity index (χ0n) is 10.5. The van der Waals surface area contributed by atoms with Crippen LogP contribution in [0.1, 0.15) is 11.1 Å². The van der Waals surface area contributed by atoms with Crippen molar-refractivity contribution in [2.24, 2.45) is 0 Å². The Balaban J connectivity index is 2.73. The number of hydrogen-bond donors (Lipinski definition) is 1. The lowest BCUT2D eigenvalue weighted by Gasteiger charge is -2.11. The van der Waals surface area contributed by atoms with E-state index >= 15 is 0 Å². The summed E-state index contributed by atoms with van der Waals surface area (Å²) in [6, 6.07) is 7.32. The number of benzene rings is 1. The van der Waals surface area contributed by atoms with Crippen LogP contribution in [0, 0.1) is 24.1 Å². The van der Waals surface area contributed by atoms with E-state index in [2.05, 4.69) is 4.98 Å². The predicted molar refractivity (Wildman–Crippen MR) is 68.5 cm³/mol. The lowest BCUT2D eigenvalue weighted by atomic mass is 10.0. The standard InChI is InChI=1S/C14H11FN2O2/c1-8-5-9(7-16)14(18)17-13(8)11-6-10(15)3-4-12(11)19-2/h3-6H,1-2H3,(H,17,18). The summed E-state index contributed by atoms with van der Waals surface area (Å²) in [5.74, 6) is 0.0188. The molecule has 0 aliphatic carbocycles. The largest absolute Gasteiger partial charge is 0.496 e. The molecule has 19 heavy (non-hydrogen) atoms. The normalized spacial score (nSPS) is 10.0. The highest BCUT2D eigenvalue weighted by Gasteiger charge is 2.12. The number of halogens is 1. The molecule has 1 aromatic carbocycles. The van der Waals surface area contributed by atoms with Crippen LogP contribution >= 0.6 is 0 Å². The second-order valence-electron chi connectivity index (χ2n) is 4.03. The first kappa shape index (κ1) is 12.8. The number of H-pyrrole nitrogens is 1. The number of rotatable bonds is 2. The maximum atomic E-state index is 13.3. The van der Waals surface area contributed by atoms with Crippen molar-refractivity contribution in [1.29, 1.82) is 5.26 Å². The molecule has 0 unspecified atom stereocenters. The fourth-order valence-corrected chi connectivity index (χ4v) is 1.87. The van der Waals surface area contributed by atoms with Gasteiger partial charge in [-0.2, -0.15) is 5.26 Å². The molecule has 0 amide bonds. The number of hydrogen-bond acceptors (Lipinski definition) is 3.